The predicted molar refractivity (Wildman–Crippen MR) is 147 cm³/mol. The number of aliphatic carboxylic acids is 1. The van der Waals surface area contributed by atoms with E-state index in [2.05, 4.69) is 34.5 Å². The summed E-state index contributed by atoms with van der Waals surface area (Å²) in [6, 6.07) is 26.1. The van der Waals surface area contributed by atoms with E-state index < -0.39 is 30.1 Å². The van der Waals surface area contributed by atoms with Crippen molar-refractivity contribution in [2.45, 2.75) is 31.3 Å². The molecular formula is C31H33N3O5. The lowest BCUT2D eigenvalue weighted by Crippen LogP contribution is -2.61. The normalized spacial score (nSPS) is 18.3. The van der Waals surface area contributed by atoms with Crippen LogP contribution in [0.3, 0.4) is 0 Å². The Labute approximate surface area is 228 Å². The maximum Gasteiger partial charge on any atom is 0.408 e. The van der Waals surface area contributed by atoms with Crippen LogP contribution in [-0.4, -0.2) is 71.2 Å². The molecule has 2 aliphatic rings. The van der Waals surface area contributed by atoms with Crippen LogP contribution in [0.4, 0.5) is 4.79 Å². The molecule has 0 bridgehead atoms. The number of hydrogen-bond donors (Lipinski definition) is 2. The highest BCUT2D eigenvalue weighted by Gasteiger charge is 2.48. The number of fused-ring (bicyclic) bond motifs is 3. The molecule has 39 heavy (non-hydrogen) atoms. The molecule has 1 aliphatic carbocycles. The Kier molecular flexibility index (Phi) is 7.65. The third-order valence-corrected chi connectivity index (χ3v) is 7.69. The van der Waals surface area contributed by atoms with Crippen LogP contribution in [0.2, 0.25) is 0 Å². The summed E-state index contributed by atoms with van der Waals surface area (Å²) < 4.78 is 5.77. The Balaban J connectivity index is 1.33. The van der Waals surface area contributed by atoms with Crippen molar-refractivity contribution in [1.29, 1.82) is 0 Å². The zero-order valence-corrected chi connectivity index (χ0v) is 22.0. The zero-order valence-electron chi connectivity index (χ0n) is 22.0. The number of carbonyl (C=O) groups excluding carboxylic acids is 2. The van der Waals surface area contributed by atoms with Gasteiger partial charge in [0.2, 0.25) is 5.91 Å². The second-order valence-electron chi connectivity index (χ2n) is 10.2. The van der Waals surface area contributed by atoms with Gasteiger partial charge in [0.05, 0.1) is 0 Å². The second-order valence-corrected chi connectivity index (χ2v) is 10.2. The molecule has 0 saturated carbocycles. The van der Waals surface area contributed by atoms with Crippen molar-refractivity contribution in [2.75, 3.05) is 32.8 Å². The Hall–Kier alpha value is -4.17. The van der Waals surface area contributed by atoms with Crippen LogP contribution < -0.4 is 5.32 Å². The van der Waals surface area contributed by atoms with Gasteiger partial charge in [0.1, 0.15) is 18.7 Å². The van der Waals surface area contributed by atoms with Gasteiger partial charge < -0.3 is 20.1 Å². The van der Waals surface area contributed by atoms with Gasteiger partial charge in [0.15, 0.2) is 0 Å². The van der Waals surface area contributed by atoms with Crippen molar-refractivity contribution in [2.24, 2.45) is 0 Å². The smallest absolute Gasteiger partial charge is 0.408 e. The molecular weight excluding hydrogens is 494 g/mol. The number of carboxylic acids is 1. The van der Waals surface area contributed by atoms with Gasteiger partial charge in [-0.05, 0) is 41.2 Å². The zero-order chi connectivity index (χ0) is 27.4. The number of rotatable bonds is 9. The number of nitrogens with one attached hydrogen (secondary N) is 1. The second kappa shape index (κ2) is 11.3. The molecule has 202 valence electrons. The van der Waals surface area contributed by atoms with E-state index in [0.29, 0.717) is 19.5 Å². The summed E-state index contributed by atoms with van der Waals surface area (Å²) in [6.45, 7) is 3.12. The van der Waals surface area contributed by atoms with Gasteiger partial charge in [-0.1, -0.05) is 78.9 Å². The number of carbonyl (C=O) groups is 3. The Morgan fingerprint density at radius 2 is 1.59 bits per heavy atom. The largest absolute Gasteiger partial charge is 0.480 e. The lowest BCUT2D eigenvalue weighted by molar-refractivity contribution is -0.147. The maximum atomic E-state index is 13.7. The average molecular weight is 528 g/mol. The number of ether oxygens (including phenoxy) is 1. The first-order valence-corrected chi connectivity index (χ1v) is 13.3. The molecule has 2 N–H and O–H groups in total. The highest BCUT2D eigenvalue weighted by molar-refractivity contribution is 5.92. The topological polar surface area (TPSA) is 99.2 Å². The Morgan fingerprint density at radius 1 is 0.974 bits per heavy atom. The summed E-state index contributed by atoms with van der Waals surface area (Å²) in [5.74, 6) is -1.61. The molecule has 3 aromatic rings. The molecule has 1 aliphatic heterocycles. The summed E-state index contributed by atoms with van der Waals surface area (Å²) >= 11 is 0. The van der Waals surface area contributed by atoms with Crippen molar-refractivity contribution in [3.63, 3.8) is 0 Å². The number of alkyl carbamates (subject to hydrolysis) is 1. The van der Waals surface area contributed by atoms with Gasteiger partial charge >= 0.3 is 12.1 Å². The fraction of sp³-hybridized carbons (Fsp3) is 0.323. The maximum absolute atomic E-state index is 13.7. The molecule has 1 heterocycles. The molecule has 1 atom stereocenters. The minimum absolute atomic E-state index is 0.105. The quantitative estimate of drug-likeness (QED) is 0.435. The molecule has 5 rings (SSSR count). The standard InChI is InChI=1S/C31H33N3O5/c1-2-34(19-28(35)36)29(37)31(16-17-33(21-31)18-22-10-4-3-5-11-22)32-30(38)39-20-27-25-14-8-6-12-23(25)24-13-7-9-15-26(24)27/h3-15,27H,2,16-21H2,1H3,(H,32,38)(H,35,36). The van der Waals surface area contributed by atoms with Crippen molar-refractivity contribution >= 4 is 18.0 Å². The number of likely N-dealkylation sites (tertiary alicyclic amines) is 1. The molecule has 8 nitrogen and oxygen atoms in total. The lowest BCUT2D eigenvalue weighted by Gasteiger charge is -2.34. The van der Waals surface area contributed by atoms with Crippen LogP contribution in [0.15, 0.2) is 78.9 Å². The van der Waals surface area contributed by atoms with Crippen LogP contribution >= 0.6 is 0 Å². The molecule has 1 saturated heterocycles. The molecule has 0 aromatic heterocycles. The van der Waals surface area contributed by atoms with Crippen LogP contribution in [-0.2, 0) is 20.9 Å². The molecule has 0 spiro atoms. The van der Waals surface area contributed by atoms with E-state index in [4.69, 9.17) is 4.74 Å². The minimum Gasteiger partial charge on any atom is -0.480 e. The van der Waals surface area contributed by atoms with E-state index in [0.717, 1.165) is 27.8 Å². The van der Waals surface area contributed by atoms with E-state index in [1.807, 2.05) is 54.6 Å². The number of hydrogen-bond acceptors (Lipinski definition) is 5. The SMILES string of the molecule is CCN(CC(=O)O)C(=O)C1(NC(=O)OCC2c3ccccc3-c3ccccc32)CCN(Cc2ccccc2)C1. The summed E-state index contributed by atoms with van der Waals surface area (Å²) in [5, 5.41) is 12.2. The molecule has 1 fully saturated rings. The number of nitrogens with zero attached hydrogens (tertiary/aromatic N) is 2. The molecule has 1 unspecified atom stereocenters. The number of amides is 2. The van der Waals surface area contributed by atoms with Crippen LogP contribution in [0.5, 0.6) is 0 Å². The van der Waals surface area contributed by atoms with Gasteiger partial charge in [0.25, 0.3) is 0 Å². The fourth-order valence-corrected chi connectivity index (χ4v) is 5.82. The van der Waals surface area contributed by atoms with E-state index in [1.54, 1.807) is 6.92 Å². The third kappa shape index (κ3) is 5.52. The first kappa shape index (κ1) is 26.4. The average Bonchev–Trinajstić information content (AvgIpc) is 3.50. The lowest BCUT2D eigenvalue weighted by atomic mass is 9.96. The molecule has 2 amide bonds. The van der Waals surface area contributed by atoms with Crippen molar-refractivity contribution < 1.29 is 24.2 Å². The van der Waals surface area contributed by atoms with Gasteiger partial charge in [-0.3, -0.25) is 14.5 Å². The number of carboxylic acid groups (broad SMARTS) is 1. The van der Waals surface area contributed by atoms with Crippen molar-refractivity contribution in [3.8, 4) is 11.1 Å². The Bertz CT molecular complexity index is 1320. The van der Waals surface area contributed by atoms with Crippen molar-refractivity contribution in [3.05, 3.63) is 95.6 Å². The molecule has 8 heteroatoms. The monoisotopic (exact) mass is 527 g/mol. The van der Waals surface area contributed by atoms with Crippen LogP contribution in [0.1, 0.15) is 36.0 Å². The van der Waals surface area contributed by atoms with E-state index in [1.165, 1.54) is 4.90 Å². The summed E-state index contributed by atoms with van der Waals surface area (Å²) in [7, 11) is 0. The first-order chi connectivity index (χ1) is 18.9. The van der Waals surface area contributed by atoms with Gasteiger partial charge in [-0.15, -0.1) is 0 Å². The number of likely N-dealkylation sites (N-methyl/N-ethyl adjacent to an activating group) is 1. The highest BCUT2D eigenvalue weighted by atomic mass is 16.5. The highest BCUT2D eigenvalue weighted by Crippen LogP contribution is 2.44. The summed E-state index contributed by atoms with van der Waals surface area (Å²) in [6.07, 6.45) is -0.322. The van der Waals surface area contributed by atoms with E-state index >= 15 is 0 Å². The summed E-state index contributed by atoms with van der Waals surface area (Å²) in [5.41, 5.74) is 4.29. The Morgan fingerprint density at radius 3 is 2.21 bits per heavy atom. The van der Waals surface area contributed by atoms with Crippen molar-refractivity contribution in [1.82, 2.24) is 15.1 Å². The minimum atomic E-state index is -1.27. The van der Waals surface area contributed by atoms with E-state index in [-0.39, 0.29) is 25.6 Å². The fourth-order valence-electron chi connectivity index (χ4n) is 5.82. The van der Waals surface area contributed by atoms with Gasteiger partial charge in [-0.2, -0.15) is 0 Å². The first-order valence-electron chi connectivity index (χ1n) is 13.3. The molecule has 0 radical (unpaired) electrons. The molecule has 3 aromatic carbocycles. The van der Waals surface area contributed by atoms with Crippen LogP contribution in [0, 0.1) is 0 Å². The van der Waals surface area contributed by atoms with Gasteiger partial charge in [0, 0.05) is 32.1 Å². The summed E-state index contributed by atoms with van der Waals surface area (Å²) in [4.78, 5) is 41.8. The number of benzene rings is 3. The van der Waals surface area contributed by atoms with E-state index in [9.17, 15) is 19.5 Å². The third-order valence-electron chi connectivity index (χ3n) is 7.69. The van der Waals surface area contributed by atoms with Crippen LogP contribution in [0.25, 0.3) is 11.1 Å². The van der Waals surface area contributed by atoms with Gasteiger partial charge in [-0.25, -0.2) is 4.79 Å². The predicted octanol–water partition coefficient (Wildman–Crippen LogP) is 4.10.